The highest BCUT2D eigenvalue weighted by atomic mass is 16.1. The summed E-state index contributed by atoms with van der Waals surface area (Å²) in [6, 6.07) is 0. The Kier molecular flexibility index (Phi) is 0.930. The molecule has 2 aliphatic rings. The van der Waals surface area contributed by atoms with Gasteiger partial charge in [0.25, 0.3) is 5.56 Å². The number of aromatic nitrogens is 3. The Morgan fingerprint density at radius 1 is 1.42 bits per heavy atom. The molecular weight excluding hydrogens is 154 g/mol. The Balaban J connectivity index is 2.52. The van der Waals surface area contributed by atoms with Gasteiger partial charge in [-0.2, -0.15) is 0 Å². The Bertz CT molecular complexity index is 502. The molecule has 2 unspecified atom stereocenters. The molecule has 0 bridgehead atoms. The fourth-order valence-electron chi connectivity index (χ4n) is 1.67. The van der Waals surface area contributed by atoms with Gasteiger partial charge in [0.2, 0.25) is 0 Å². The zero-order valence-corrected chi connectivity index (χ0v) is 6.32. The van der Waals surface area contributed by atoms with Crippen LogP contribution in [0.1, 0.15) is 6.42 Å². The third-order valence-electron chi connectivity index (χ3n) is 2.47. The van der Waals surface area contributed by atoms with Crippen molar-refractivity contribution in [3.63, 3.8) is 0 Å². The fourth-order valence-corrected chi connectivity index (χ4v) is 1.67. The molecule has 0 aromatic carbocycles. The number of fused-ring (bicyclic) bond motifs is 2. The molecule has 3 rings (SSSR count). The largest absolute Gasteiger partial charge is 0.274 e. The predicted octanol–water partition coefficient (Wildman–Crippen LogP) is -1.62. The van der Waals surface area contributed by atoms with Crippen molar-refractivity contribution in [2.24, 2.45) is 11.8 Å². The number of aromatic amines is 1. The number of nitrogens with zero attached hydrogens (tertiary/aromatic N) is 2. The highest BCUT2D eigenvalue weighted by Crippen LogP contribution is 2.41. The van der Waals surface area contributed by atoms with E-state index in [0.29, 0.717) is 17.1 Å². The lowest BCUT2D eigenvalue weighted by molar-refractivity contribution is 0.798. The van der Waals surface area contributed by atoms with Crippen molar-refractivity contribution in [1.82, 2.24) is 15.4 Å². The maximum absolute atomic E-state index is 11.2. The monoisotopic (exact) mass is 161 g/mol. The van der Waals surface area contributed by atoms with Gasteiger partial charge in [0.15, 0.2) is 0 Å². The molecule has 0 radical (unpaired) electrons. The third-order valence-corrected chi connectivity index (χ3v) is 2.47. The van der Waals surface area contributed by atoms with Gasteiger partial charge in [0, 0.05) is 0 Å². The molecule has 0 amide bonds. The zero-order valence-electron chi connectivity index (χ0n) is 6.32. The summed E-state index contributed by atoms with van der Waals surface area (Å²) in [7, 11) is 0. The van der Waals surface area contributed by atoms with Crippen LogP contribution < -0.4 is 16.1 Å². The molecule has 2 aliphatic carbocycles. The normalized spacial score (nSPS) is 29.3. The quantitative estimate of drug-likeness (QED) is 0.497. The first-order valence-electron chi connectivity index (χ1n) is 4.00. The average molecular weight is 161 g/mol. The molecule has 2 atom stereocenters. The van der Waals surface area contributed by atoms with Crippen LogP contribution in [-0.4, -0.2) is 15.4 Å². The lowest BCUT2D eigenvalue weighted by Gasteiger charge is -1.93. The molecule has 1 aromatic rings. The van der Waals surface area contributed by atoms with Gasteiger partial charge in [-0.15, -0.1) is 5.10 Å². The van der Waals surface area contributed by atoms with E-state index in [9.17, 15) is 4.79 Å². The molecule has 1 N–H and O–H groups in total. The SMILES string of the molecule is O=c1[nH]nnc2c1=CC1CC1C=2. The van der Waals surface area contributed by atoms with Crippen molar-refractivity contribution >= 4 is 12.2 Å². The van der Waals surface area contributed by atoms with Crippen molar-refractivity contribution in [3.8, 4) is 0 Å². The molecule has 1 aromatic heterocycles. The predicted molar refractivity (Wildman–Crippen MR) is 42.4 cm³/mol. The highest BCUT2D eigenvalue weighted by molar-refractivity contribution is 5.46. The minimum atomic E-state index is -0.124. The standard InChI is InChI=1S/C8H7N3O/c12-8-6-2-4-1-5(4)3-7(6)9-11-10-8/h2-5H,1H2,(H,9,10,12). The van der Waals surface area contributed by atoms with E-state index in [1.54, 1.807) is 0 Å². The van der Waals surface area contributed by atoms with E-state index in [0.717, 1.165) is 11.8 Å². The summed E-state index contributed by atoms with van der Waals surface area (Å²) >= 11 is 0. The minimum absolute atomic E-state index is 0.124. The number of nitrogens with one attached hydrogen (secondary N) is 1. The Hall–Kier alpha value is -1.45. The second-order valence-corrected chi connectivity index (χ2v) is 3.34. The Labute approximate surface area is 67.6 Å². The number of rotatable bonds is 0. The maximum atomic E-state index is 11.2. The van der Waals surface area contributed by atoms with E-state index in [-0.39, 0.29) is 5.56 Å². The Morgan fingerprint density at radius 3 is 3.17 bits per heavy atom. The van der Waals surface area contributed by atoms with Crippen LogP contribution >= 0.6 is 0 Å². The third kappa shape index (κ3) is 0.691. The van der Waals surface area contributed by atoms with Crippen molar-refractivity contribution in [2.75, 3.05) is 0 Å². The summed E-state index contributed by atoms with van der Waals surface area (Å²) in [5.41, 5.74) is -0.124. The van der Waals surface area contributed by atoms with Crippen molar-refractivity contribution in [1.29, 1.82) is 0 Å². The van der Waals surface area contributed by atoms with Crippen LogP contribution in [-0.2, 0) is 0 Å². The first-order valence-corrected chi connectivity index (χ1v) is 4.00. The van der Waals surface area contributed by atoms with Crippen LogP contribution in [0, 0.1) is 11.8 Å². The first kappa shape index (κ1) is 6.11. The molecule has 0 spiro atoms. The summed E-state index contributed by atoms with van der Waals surface area (Å²) in [5.74, 6) is 1.20. The fraction of sp³-hybridized carbons (Fsp3) is 0.375. The molecule has 1 fully saturated rings. The van der Waals surface area contributed by atoms with E-state index < -0.39 is 0 Å². The molecule has 0 aliphatic heterocycles. The van der Waals surface area contributed by atoms with Gasteiger partial charge in [-0.25, -0.2) is 5.10 Å². The molecule has 12 heavy (non-hydrogen) atoms. The summed E-state index contributed by atoms with van der Waals surface area (Å²) in [4.78, 5) is 11.2. The minimum Gasteiger partial charge on any atom is -0.267 e. The van der Waals surface area contributed by atoms with Crippen LogP contribution in [0.3, 0.4) is 0 Å². The maximum Gasteiger partial charge on any atom is 0.274 e. The molecule has 1 saturated carbocycles. The van der Waals surface area contributed by atoms with E-state index in [4.69, 9.17) is 0 Å². The smallest absolute Gasteiger partial charge is 0.267 e. The van der Waals surface area contributed by atoms with Crippen molar-refractivity contribution < 1.29 is 0 Å². The number of H-pyrrole nitrogens is 1. The summed E-state index contributed by atoms with van der Waals surface area (Å²) in [6.07, 6.45) is 5.21. The highest BCUT2D eigenvalue weighted by Gasteiger charge is 2.35. The molecule has 4 nitrogen and oxygen atoms in total. The van der Waals surface area contributed by atoms with E-state index in [1.165, 1.54) is 0 Å². The van der Waals surface area contributed by atoms with Crippen LogP contribution in [0.2, 0.25) is 0 Å². The van der Waals surface area contributed by atoms with Crippen molar-refractivity contribution in [2.45, 2.75) is 6.42 Å². The summed E-state index contributed by atoms with van der Waals surface area (Å²) in [6.45, 7) is 0. The summed E-state index contributed by atoms with van der Waals surface area (Å²) < 4.78 is 0. The molecule has 1 heterocycles. The van der Waals surface area contributed by atoms with E-state index in [1.807, 2.05) is 12.2 Å². The van der Waals surface area contributed by atoms with Crippen LogP contribution in [0.25, 0.3) is 12.2 Å². The van der Waals surface area contributed by atoms with Crippen LogP contribution in [0.4, 0.5) is 0 Å². The second kappa shape index (κ2) is 1.83. The first-order chi connectivity index (χ1) is 5.84. The lowest BCUT2D eigenvalue weighted by Crippen LogP contribution is -2.45. The van der Waals surface area contributed by atoms with Gasteiger partial charge < -0.3 is 0 Å². The van der Waals surface area contributed by atoms with E-state index in [2.05, 4.69) is 15.4 Å². The second-order valence-electron chi connectivity index (χ2n) is 3.34. The van der Waals surface area contributed by atoms with Crippen molar-refractivity contribution in [3.05, 3.63) is 20.9 Å². The van der Waals surface area contributed by atoms with Gasteiger partial charge in [0.1, 0.15) is 0 Å². The van der Waals surface area contributed by atoms with Gasteiger partial charge in [-0.05, 0) is 18.3 Å². The van der Waals surface area contributed by atoms with Gasteiger partial charge in [-0.3, -0.25) is 4.79 Å². The van der Waals surface area contributed by atoms with Gasteiger partial charge in [-0.1, -0.05) is 17.4 Å². The lowest BCUT2D eigenvalue weighted by atomic mass is 10.2. The van der Waals surface area contributed by atoms with Gasteiger partial charge in [0.05, 0.1) is 10.6 Å². The zero-order chi connectivity index (χ0) is 8.13. The topological polar surface area (TPSA) is 58.6 Å². The van der Waals surface area contributed by atoms with Gasteiger partial charge >= 0.3 is 0 Å². The van der Waals surface area contributed by atoms with E-state index >= 15 is 0 Å². The molecular formula is C8H7N3O. The Morgan fingerprint density at radius 2 is 2.25 bits per heavy atom. The number of hydrogen-bond donors (Lipinski definition) is 1. The van der Waals surface area contributed by atoms with Crippen LogP contribution in [0.15, 0.2) is 4.79 Å². The van der Waals surface area contributed by atoms with Crippen LogP contribution in [0.5, 0.6) is 0 Å². The molecule has 4 heteroatoms. The number of hydrogen-bond acceptors (Lipinski definition) is 3. The molecule has 0 saturated heterocycles. The summed E-state index contributed by atoms with van der Waals surface area (Å²) in [5, 5.41) is 11.2. The molecule has 60 valence electrons. The average Bonchev–Trinajstić information content (AvgIpc) is 2.79.